The number of methoxy groups -OCH3 is 1. The van der Waals surface area contributed by atoms with Crippen molar-refractivity contribution in [2.75, 3.05) is 64.5 Å². The van der Waals surface area contributed by atoms with Crippen LogP contribution >= 0.6 is 0 Å². The van der Waals surface area contributed by atoms with Crippen molar-refractivity contribution in [3.8, 4) is 0 Å². The number of hydrogen-bond donors (Lipinski definition) is 0. The fourth-order valence-electron chi connectivity index (χ4n) is 3.32. The van der Waals surface area contributed by atoms with Gasteiger partial charge in [-0.15, -0.1) is 0 Å². The minimum atomic E-state index is -5.24. The molecule has 3 aromatic rings. The van der Waals surface area contributed by atoms with Crippen molar-refractivity contribution in [3.05, 3.63) is 102 Å². The van der Waals surface area contributed by atoms with Crippen molar-refractivity contribution in [2.45, 2.75) is 273 Å². The van der Waals surface area contributed by atoms with Gasteiger partial charge in [-0.2, -0.15) is 34.8 Å². The van der Waals surface area contributed by atoms with E-state index < -0.39 is 60.5 Å². The number of ether oxygens (including phenoxy) is 2. The lowest BCUT2D eigenvalue weighted by Gasteiger charge is -2.29. The molecule has 0 aliphatic rings. The number of benzene rings is 3. The van der Waals surface area contributed by atoms with E-state index in [9.17, 15) is 76.2 Å². The van der Waals surface area contributed by atoms with Gasteiger partial charge in [0.15, 0.2) is 5.41 Å². The molecule has 606 valence electrons. The van der Waals surface area contributed by atoms with Crippen LogP contribution in [0.5, 0.6) is 0 Å². The second-order valence-electron chi connectivity index (χ2n) is 20.6. The van der Waals surface area contributed by atoms with Gasteiger partial charge in [-0.05, 0) is 70.2 Å². The summed E-state index contributed by atoms with van der Waals surface area (Å²) in [6, 6.07) is 31.5. The topological polar surface area (TPSA) is 219 Å². The maximum atomic E-state index is 11.6. The van der Waals surface area contributed by atoms with E-state index >= 15 is 0 Å². The molecule has 0 fully saturated rings. The Balaban J connectivity index is -0.0000000279. The summed E-state index contributed by atoms with van der Waals surface area (Å²) in [5, 5.41) is 0. The zero-order valence-corrected chi connectivity index (χ0v) is 57.9. The molecule has 3 rings (SSSR count). The molecule has 0 spiro atoms. The highest BCUT2D eigenvalue weighted by molar-refractivity contribution is 7.90. The van der Waals surface area contributed by atoms with Crippen LogP contribution in [-0.4, -0.2) is 128 Å². The van der Waals surface area contributed by atoms with Crippen molar-refractivity contribution < 1.29 is 89.8 Å². The van der Waals surface area contributed by atoms with Crippen molar-refractivity contribution >= 4 is 71.7 Å². The first-order valence-corrected chi connectivity index (χ1v) is 31.8. The van der Waals surface area contributed by atoms with Gasteiger partial charge in [-0.1, -0.05) is 265 Å². The number of hydrogen-bond acceptors (Lipinski definition) is 15. The molecule has 98 heavy (non-hydrogen) atoms. The van der Waals surface area contributed by atoms with E-state index in [1.54, 1.807) is 12.5 Å². The molecule has 0 aliphatic heterocycles. The summed E-state index contributed by atoms with van der Waals surface area (Å²) < 4.78 is 130. The van der Waals surface area contributed by atoms with Crippen LogP contribution in [0.2, 0.25) is 0 Å². The highest BCUT2D eigenvalue weighted by atomic mass is 32.2. The Morgan fingerprint density at radius 3 is 0.684 bits per heavy atom. The lowest BCUT2D eigenvalue weighted by molar-refractivity contribution is -0.327. The fourth-order valence-corrected chi connectivity index (χ4v) is 3.32. The largest absolute Gasteiger partial charge is 0.469 e. The van der Waals surface area contributed by atoms with E-state index in [0.29, 0.717) is 5.41 Å². The standard InChI is InChI=1S/C15H16.C8H11N.C5H6F6.C5H8O2.C5H12.C4H6O3.C3H6O2.C3H6O.2C3H8.C2H6O3S.C2H6O2S.C2H6OS.14CH4/c1-15(2,13-9-5-3-6-10-13)14-11-7-4-8-12-14;1-9(2)8-6-4-3-5-7-8;1-3(2,4(6,7)8)5(9,10)11;1-4(6)3-5(2)7;1-5(2,3)4;1-3(5)7-4(2)6;1-3(4)5-2;1-3(2)4;2*1-3-2;1-5-6(2,3)4;1-5(2,3)4;1-4(2)3;;;;;;;;;;;;;;/h3-12H,1-2H3;3-7H,1-2H3;1-2H3;3H2,1-2H3;1-4H3;1-2H3;1-2H3;1-2H3;2*3H2,1-2H3;1-2H3;1-2H3;1-2H3;14*1H4. The van der Waals surface area contributed by atoms with Crippen LogP contribution < -0.4 is 4.90 Å². The Bertz CT molecular complexity index is 2240. The first-order chi connectivity index (χ1) is 37.4. The molecule has 0 heterocycles. The Labute approximate surface area is 608 Å². The van der Waals surface area contributed by atoms with Gasteiger partial charge in [0.05, 0.1) is 26.9 Å². The first kappa shape index (κ1) is 165. The number of alkyl halides is 6. The molecule has 0 aromatic heterocycles. The molecule has 0 aliphatic carbocycles. The third-order valence-electron chi connectivity index (χ3n) is 7.06. The number of halogens is 6. The van der Waals surface area contributed by atoms with Crippen molar-refractivity contribution in [3.63, 3.8) is 0 Å². The molecule has 0 N–H and O–H groups in total. The molecule has 0 amide bonds. The highest BCUT2D eigenvalue weighted by Crippen LogP contribution is 2.49. The minimum Gasteiger partial charge on any atom is -0.469 e. The molecule has 0 unspecified atom stereocenters. The van der Waals surface area contributed by atoms with Crippen LogP contribution in [0.1, 0.15) is 266 Å². The maximum absolute atomic E-state index is 11.6. The lowest BCUT2D eigenvalue weighted by atomic mass is 9.78. The average Bonchev–Trinajstić information content (AvgIpc) is 3.28. The van der Waals surface area contributed by atoms with E-state index in [4.69, 9.17) is 0 Å². The molecule has 3 aromatic carbocycles. The quantitative estimate of drug-likeness (QED) is 0.0970. The molecule has 0 atom stereocenters. The molecule has 15 nitrogen and oxygen atoms in total. The van der Waals surface area contributed by atoms with Crippen molar-refractivity contribution in [2.24, 2.45) is 10.8 Å². The summed E-state index contributed by atoms with van der Waals surface area (Å²) >= 11 is 0. The summed E-state index contributed by atoms with van der Waals surface area (Å²) in [7, 11) is 0.104. The van der Waals surface area contributed by atoms with E-state index in [1.165, 1.54) is 85.2 Å². The van der Waals surface area contributed by atoms with E-state index in [0.717, 1.165) is 25.9 Å². The number of ketones is 3. The van der Waals surface area contributed by atoms with Crippen LogP contribution in [0.3, 0.4) is 0 Å². The molecule has 0 saturated heterocycles. The van der Waals surface area contributed by atoms with Crippen LogP contribution in [0, 0.1) is 10.8 Å². The average molecular weight is 1500 g/mol. The molecular weight excluding hydrogens is 1340 g/mol. The summed E-state index contributed by atoms with van der Waals surface area (Å²) in [5.41, 5.74) is 0.924. The third-order valence-corrected chi connectivity index (χ3v) is 7.66. The summed E-state index contributed by atoms with van der Waals surface area (Å²) in [5.74, 6) is -1.33. The monoisotopic (exact) mass is 1500 g/mol. The zero-order chi connectivity index (χ0) is 69.7. The van der Waals surface area contributed by atoms with E-state index in [2.05, 4.69) is 161 Å². The predicted molar refractivity (Wildman–Crippen MR) is 428 cm³/mol. The third kappa shape index (κ3) is 169. The molecule has 0 saturated carbocycles. The van der Waals surface area contributed by atoms with Gasteiger partial charge in [0.1, 0.15) is 27.2 Å². The minimum absolute atomic E-state index is 0. The molecular formula is C74H161F6NO14S3. The smallest absolute Gasteiger partial charge is 0.402 e. The summed E-state index contributed by atoms with van der Waals surface area (Å²) in [6.07, 6.45) is -1.32. The summed E-state index contributed by atoms with van der Waals surface area (Å²) in [4.78, 5) is 60.8. The lowest BCUT2D eigenvalue weighted by Crippen LogP contribution is -2.44. The Kier molecular flexibility index (Phi) is 154. The second kappa shape index (κ2) is 91.7. The predicted octanol–water partition coefficient (Wildman–Crippen LogP) is 23.4. The number of Topliss-reactive ketones (excluding diaryl/α,β-unsaturated/α-hetero) is 3. The molecule has 24 heteroatoms. The number of carbonyl (C=O) groups excluding carboxylic acids is 6. The van der Waals surface area contributed by atoms with Crippen LogP contribution in [-0.2, 0) is 78.6 Å². The second-order valence-corrected chi connectivity index (χ2v) is 26.2. The highest BCUT2D eigenvalue weighted by Gasteiger charge is 2.64. The normalized spacial score (nSPS) is 8.68. The number of carbonyl (C=O) groups is 6. The van der Waals surface area contributed by atoms with Gasteiger partial charge in [0.25, 0.3) is 10.1 Å². The number of rotatable bonds is 6. The fraction of sp³-hybridized carbons (Fsp3) is 0.676. The van der Waals surface area contributed by atoms with Gasteiger partial charge in [-0.25, -0.2) is 8.42 Å². The zero-order valence-electron chi connectivity index (χ0n) is 55.4. The first-order valence-electron chi connectivity index (χ1n) is 25.7. The van der Waals surface area contributed by atoms with Gasteiger partial charge in [0, 0.05) is 81.8 Å². The number of anilines is 1. The molecule has 0 bridgehead atoms. The van der Waals surface area contributed by atoms with Crippen molar-refractivity contribution in [1.82, 2.24) is 0 Å². The summed E-state index contributed by atoms with van der Waals surface area (Å²) in [6.45, 7) is 31.6. The Hall–Kier alpha value is -5.33. The van der Waals surface area contributed by atoms with Crippen LogP contribution in [0.25, 0.3) is 0 Å². The van der Waals surface area contributed by atoms with Crippen LogP contribution in [0.15, 0.2) is 91.0 Å². The molecule has 0 radical (unpaired) electrons. The van der Waals surface area contributed by atoms with Crippen LogP contribution in [0.4, 0.5) is 32.0 Å². The van der Waals surface area contributed by atoms with Gasteiger partial charge in [0.2, 0.25) is 0 Å². The SMILES string of the molecule is C.C.C.C.C.C.C.C.C.C.C.C.C.C.CC(=O)CC(C)=O.CC(=O)OC(C)=O.CC(C)(C(F)(F)F)C(F)(F)F.CC(C)(C)C.CC(C)(c1ccccc1)c1ccccc1.CC(C)=O.CCC.CCC.CN(C)c1ccccc1.COC(C)=O.COS(C)(=O)=O.CS(C)(=O)=O.CS(C)=O. The Morgan fingerprint density at radius 2 is 0.612 bits per heavy atom. The number of para-hydroxylation sites is 1. The maximum Gasteiger partial charge on any atom is 0.402 e. The van der Waals surface area contributed by atoms with Gasteiger partial charge in [-0.3, -0.25) is 32.4 Å². The number of nitrogens with zero attached hydrogens (tertiary/aromatic N) is 1. The van der Waals surface area contributed by atoms with Gasteiger partial charge < -0.3 is 19.2 Å². The van der Waals surface area contributed by atoms with E-state index in [-0.39, 0.29) is 153 Å². The van der Waals surface area contributed by atoms with E-state index in [1.807, 2.05) is 32.3 Å². The number of esters is 3. The van der Waals surface area contributed by atoms with Crippen molar-refractivity contribution in [1.29, 1.82) is 0 Å². The van der Waals surface area contributed by atoms with Gasteiger partial charge >= 0.3 is 30.3 Å². The number of sulfone groups is 1. The Morgan fingerprint density at radius 1 is 0.449 bits per heavy atom.